The molecule has 0 saturated heterocycles. The summed E-state index contributed by atoms with van der Waals surface area (Å²) in [4.78, 5) is 11.8. The zero-order chi connectivity index (χ0) is 34.1. The first-order valence-corrected chi connectivity index (χ1v) is 21.3. The molecule has 0 aromatic heterocycles. The summed E-state index contributed by atoms with van der Waals surface area (Å²) in [6, 6.07) is 0. The van der Waals surface area contributed by atoms with E-state index < -0.39 is 0 Å². The van der Waals surface area contributed by atoms with Gasteiger partial charge in [-0.2, -0.15) is 0 Å². The van der Waals surface area contributed by atoms with Gasteiger partial charge in [0.1, 0.15) is 12.7 Å². The lowest BCUT2D eigenvalue weighted by atomic mass is 10.0. The topological polar surface area (TPSA) is 56.8 Å². The van der Waals surface area contributed by atoms with Crippen molar-refractivity contribution in [2.24, 2.45) is 0 Å². The first-order valence-electron chi connectivity index (χ1n) is 21.3. The molecule has 0 saturated carbocycles. The van der Waals surface area contributed by atoms with Crippen LogP contribution < -0.4 is 5.32 Å². The quantitative estimate of drug-likeness (QED) is 0.0661. The molecule has 5 nitrogen and oxygen atoms in total. The molecule has 47 heavy (non-hydrogen) atoms. The Morgan fingerprint density at radius 2 is 0.745 bits per heavy atom. The number of hydrogen-bond donors (Lipinski definition) is 1. The molecule has 0 aromatic rings. The fraction of sp³-hybridized carbons (Fsp3) is 0.976. The highest BCUT2D eigenvalue weighted by Crippen LogP contribution is 2.15. The second-order valence-electron chi connectivity index (χ2n) is 14.3. The van der Waals surface area contributed by atoms with Gasteiger partial charge in [-0.1, -0.05) is 206 Å². The Labute approximate surface area is 295 Å². The summed E-state index contributed by atoms with van der Waals surface area (Å²) in [5.74, 6) is 0. The number of unbranched alkanes of at least 4 members (excludes halogenated alkanes) is 30. The van der Waals surface area contributed by atoms with Gasteiger partial charge < -0.3 is 19.5 Å². The Kier molecular flexibility index (Phi) is 40.6. The lowest BCUT2D eigenvalue weighted by molar-refractivity contribution is -0.0467. The SMILES string of the molecule is CCCCCCCCCCCCCCCCCCOC[C@@H](COC(=O)NCC)OCCCCCCCCCCCCCCCCCC. The fourth-order valence-corrected chi connectivity index (χ4v) is 6.38. The number of rotatable bonds is 40. The summed E-state index contributed by atoms with van der Waals surface area (Å²) in [7, 11) is 0. The van der Waals surface area contributed by atoms with Crippen molar-refractivity contribution in [1.29, 1.82) is 0 Å². The molecule has 0 unspecified atom stereocenters. The van der Waals surface area contributed by atoms with Crippen molar-refractivity contribution in [3.63, 3.8) is 0 Å². The van der Waals surface area contributed by atoms with Gasteiger partial charge >= 0.3 is 6.09 Å². The Morgan fingerprint density at radius 3 is 1.09 bits per heavy atom. The minimum absolute atomic E-state index is 0.185. The Bertz CT molecular complexity index is 587. The molecule has 0 bridgehead atoms. The minimum Gasteiger partial charge on any atom is -0.447 e. The van der Waals surface area contributed by atoms with Crippen LogP contribution in [0.1, 0.15) is 226 Å². The number of carbonyl (C=O) groups excluding carboxylic acids is 1. The molecular weight excluding hydrogens is 582 g/mol. The first-order chi connectivity index (χ1) is 23.2. The van der Waals surface area contributed by atoms with Gasteiger partial charge in [0, 0.05) is 19.8 Å². The second-order valence-corrected chi connectivity index (χ2v) is 14.3. The van der Waals surface area contributed by atoms with Gasteiger partial charge in [0.05, 0.1) is 6.61 Å². The highest BCUT2D eigenvalue weighted by atomic mass is 16.6. The van der Waals surface area contributed by atoms with E-state index in [-0.39, 0.29) is 18.8 Å². The number of alkyl carbamates (subject to hydrolysis) is 1. The lowest BCUT2D eigenvalue weighted by Crippen LogP contribution is -2.31. The zero-order valence-electron chi connectivity index (χ0n) is 32.4. The van der Waals surface area contributed by atoms with Crippen LogP contribution in [0.15, 0.2) is 0 Å². The number of ether oxygens (including phenoxy) is 3. The highest BCUT2D eigenvalue weighted by molar-refractivity contribution is 5.66. The molecule has 0 aliphatic rings. The highest BCUT2D eigenvalue weighted by Gasteiger charge is 2.13. The van der Waals surface area contributed by atoms with Crippen molar-refractivity contribution in [2.75, 3.05) is 33.0 Å². The zero-order valence-corrected chi connectivity index (χ0v) is 32.4. The van der Waals surface area contributed by atoms with E-state index in [9.17, 15) is 4.79 Å². The molecule has 5 heteroatoms. The molecule has 282 valence electrons. The largest absolute Gasteiger partial charge is 0.447 e. The minimum atomic E-state index is -0.374. The van der Waals surface area contributed by atoms with Gasteiger partial charge in [-0.3, -0.25) is 0 Å². The van der Waals surface area contributed by atoms with E-state index in [4.69, 9.17) is 14.2 Å². The fourth-order valence-electron chi connectivity index (χ4n) is 6.38. The second kappa shape index (κ2) is 41.4. The average molecular weight is 668 g/mol. The van der Waals surface area contributed by atoms with Crippen molar-refractivity contribution in [1.82, 2.24) is 5.32 Å². The summed E-state index contributed by atoms with van der Waals surface area (Å²) in [6.45, 7) is 9.27. The number of nitrogens with one attached hydrogen (secondary N) is 1. The number of carbonyl (C=O) groups is 1. The maximum Gasteiger partial charge on any atom is 0.407 e. The summed E-state index contributed by atoms with van der Waals surface area (Å²) < 4.78 is 17.4. The maximum atomic E-state index is 11.8. The van der Waals surface area contributed by atoms with E-state index in [2.05, 4.69) is 19.2 Å². The summed E-state index contributed by atoms with van der Waals surface area (Å²) in [6.07, 6.45) is 43.3. The van der Waals surface area contributed by atoms with E-state index in [1.54, 1.807) is 0 Å². The van der Waals surface area contributed by atoms with Crippen LogP contribution in [-0.4, -0.2) is 45.2 Å². The number of hydrogen-bond acceptors (Lipinski definition) is 4. The summed E-state index contributed by atoms with van der Waals surface area (Å²) in [5.41, 5.74) is 0. The molecule has 0 aliphatic heterocycles. The van der Waals surface area contributed by atoms with Crippen LogP contribution in [0.4, 0.5) is 4.79 Å². The molecule has 0 spiro atoms. The van der Waals surface area contributed by atoms with Gasteiger partial charge in [0.2, 0.25) is 0 Å². The first kappa shape index (κ1) is 46.2. The van der Waals surface area contributed by atoms with E-state index >= 15 is 0 Å². The van der Waals surface area contributed by atoms with Crippen LogP contribution in [0, 0.1) is 0 Å². The summed E-state index contributed by atoms with van der Waals surface area (Å²) in [5, 5.41) is 2.70. The normalized spacial score (nSPS) is 12.1. The smallest absolute Gasteiger partial charge is 0.407 e. The van der Waals surface area contributed by atoms with Gasteiger partial charge in [-0.05, 0) is 19.8 Å². The lowest BCUT2D eigenvalue weighted by Gasteiger charge is -2.18. The number of amides is 1. The van der Waals surface area contributed by atoms with Crippen LogP contribution in [-0.2, 0) is 14.2 Å². The van der Waals surface area contributed by atoms with Crippen molar-refractivity contribution in [2.45, 2.75) is 232 Å². The van der Waals surface area contributed by atoms with E-state index in [0.29, 0.717) is 19.8 Å². The predicted octanol–water partition coefficient (Wildman–Crippen LogP) is 13.7. The van der Waals surface area contributed by atoms with Crippen molar-refractivity contribution in [3.05, 3.63) is 0 Å². The third-order valence-corrected chi connectivity index (χ3v) is 9.52. The molecule has 1 atom stereocenters. The third kappa shape index (κ3) is 39.5. The molecule has 0 aromatic carbocycles. The Balaban J connectivity index is 3.68. The van der Waals surface area contributed by atoms with Crippen molar-refractivity contribution in [3.8, 4) is 0 Å². The van der Waals surface area contributed by atoms with Gasteiger partial charge in [-0.15, -0.1) is 0 Å². The van der Waals surface area contributed by atoms with E-state index in [1.807, 2.05) is 6.92 Å². The van der Waals surface area contributed by atoms with Crippen LogP contribution in [0.2, 0.25) is 0 Å². The van der Waals surface area contributed by atoms with Gasteiger partial charge in [0.15, 0.2) is 0 Å². The van der Waals surface area contributed by atoms with E-state index in [1.165, 1.54) is 193 Å². The monoisotopic (exact) mass is 668 g/mol. The molecule has 0 rings (SSSR count). The maximum absolute atomic E-state index is 11.8. The molecule has 0 radical (unpaired) electrons. The van der Waals surface area contributed by atoms with E-state index in [0.717, 1.165) is 19.4 Å². The average Bonchev–Trinajstić information content (AvgIpc) is 3.07. The molecule has 1 N–H and O–H groups in total. The van der Waals surface area contributed by atoms with Crippen LogP contribution in [0.3, 0.4) is 0 Å². The molecule has 0 fully saturated rings. The van der Waals surface area contributed by atoms with Crippen LogP contribution >= 0.6 is 0 Å². The van der Waals surface area contributed by atoms with Crippen LogP contribution in [0.5, 0.6) is 0 Å². The standard InChI is InChI=1S/C42H85NO4/c1-4-7-9-11-13-15-17-19-21-23-25-27-29-31-33-35-37-45-39-41(40-47-42(44)43-6-3)46-38-36-34-32-30-28-26-24-22-20-18-16-14-12-10-8-5-2/h41H,4-40H2,1-3H3,(H,43,44)/t41-/m0/s1. The predicted molar refractivity (Wildman–Crippen MR) is 205 cm³/mol. The van der Waals surface area contributed by atoms with Gasteiger partial charge in [-0.25, -0.2) is 4.79 Å². The molecular formula is C42H85NO4. The van der Waals surface area contributed by atoms with Crippen LogP contribution in [0.25, 0.3) is 0 Å². The molecule has 0 aliphatic carbocycles. The summed E-state index contributed by atoms with van der Waals surface area (Å²) >= 11 is 0. The van der Waals surface area contributed by atoms with Crippen molar-refractivity contribution < 1.29 is 19.0 Å². The molecule has 1 amide bonds. The Morgan fingerprint density at radius 1 is 0.426 bits per heavy atom. The molecule has 0 heterocycles. The van der Waals surface area contributed by atoms with Crippen molar-refractivity contribution >= 4 is 6.09 Å². The van der Waals surface area contributed by atoms with Gasteiger partial charge in [0.25, 0.3) is 0 Å². The Hall–Kier alpha value is -0.810. The third-order valence-electron chi connectivity index (χ3n) is 9.52.